The quantitative estimate of drug-likeness (QED) is 0.321. The summed E-state index contributed by atoms with van der Waals surface area (Å²) in [4.78, 5) is 15.2. The summed E-state index contributed by atoms with van der Waals surface area (Å²) < 4.78 is 89.2. The van der Waals surface area contributed by atoms with Gasteiger partial charge in [-0.1, -0.05) is 6.92 Å². The van der Waals surface area contributed by atoms with Crippen LogP contribution in [0.15, 0.2) is 41.3 Å². The van der Waals surface area contributed by atoms with Crippen molar-refractivity contribution >= 4 is 21.4 Å². The number of rotatable bonds is 8. The van der Waals surface area contributed by atoms with Crippen LogP contribution in [0.5, 0.6) is 5.75 Å². The van der Waals surface area contributed by atoms with Gasteiger partial charge in [-0.05, 0) is 36.6 Å². The molecule has 0 spiro atoms. The minimum absolute atomic E-state index is 0.00931. The first-order valence-electron chi connectivity index (χ1n) is 12.5. The van der Waals surface area contributed by atoms with Gasteiger partial charge in [0.15, 0.2) is 0 Å². The second-order valence-corrected chi connectivity index (χ2v) is 12.4. The van der Waals surface area contributed by atoms with Gasteiger partial charge in [0.1, 0.15) is 29.0 Å². The summed E-state index contributed by atoms with van der Waals surface area (Å²) in [6.45, 7) is 2.58. The summed E-state index contributed by atoms with van der Waals surface area (Å²) >= 11 is 0. The Hall–Kier alpha value is -3.65. The molecule has 5 rings (SSSR count). The van der Waals surface area contributed by atoms with Crippen molar-refractivity contribution in [1.29, 1.82) is 0 Å². The van der Waals surface area contributed by atoms with E-state index in [1.54, 1.807) is 4.90 Å². The van der Waals surface area contributed by atoms with Crippen LogP contribution in [-0.4, -0.2) is 55.3 Å². The fourth-order valence-electron chi connectivity index (χ4n) is 4.49. The maximum absolute atomic E-state index is 13.8. The lowest BCUT2D eigenvalue weighted by atomic mass is 10.2. The largest absolute Gasteiger partial charge is 0.486 e. The highest BCUT2D eigenvalue weighted by Crippen LogP contribution is 2.45. The smallest absolute Gasteiger partial charge is 0.316 e. The van der Waals surface area contributed by atoms with Crippen LogP contribution >= 0.6 is 0 Å². The Morgan fingerprint density at radius 2 is 1.60 bits per heavy atom. The van der Waals surface area contributed by atoms with Crippen LogP contribution in [0, 0.1) is 28.7 Å². The monoisotopic (exact) mass is 581 g/mol. The molecule has 0 atom stereocenters. The number of aromatic nitrogens is 2. The van der Waals surface area contributed by atoms with E-state index < -0.39 is 50.3 Å². The lowest BCUT2D eigenvalue weighted by molar-refractivity contribution is 0.242. The number of hydrogen-bond donors (Lipinski definition) is 1. The summed E-state index contributed by atoms with van der Waals surface area (Å²) in [6, 6.07) is 4.11. The van der Waals surface area contributed by atoms with Crippen LogP contribution in [-0.2, 0) is 15.8 Å². The average Bonchev–Trinajstić information content (AvgIpc) is 3.62. The first kappa shape index (κ1) is 27.9. The van der Waals surface area contributed by atoms with E-state index in [-0.39, 0.29) is 55.2 Å². The maximum Gasteiger partial charge on any atom is 0.316 e. The average molecular weight is 582 g/mol. The van der Waals surface area contributed by atoms with E-state index in [2.05, 4.69) is 5.10 Å². The zero-order chi connectivity index (χ0) is 28.8. The molecule has 0 unspecified atom stereocenters. The number of sulfonamides is 1. The molecule has 1 aliphatic heterocycles. The summed E-state index contributed by atoms with van der Waals surface area (Å²) in [7, 11) is -3.98. The molecule has 1 saturated carbocycles. The molecule has 14 heteroatoms. The van der Waals surface area contributed by atoms with Crippen molar-refractivity contribution in [3.8, 4) is 11.4 Å². The Bertz CT molecular complexity index is 1600. The molecule has 1 aromatic heterocycles. The van der Waals surface area contributed by atoms with E-state index in [0.717, 1.165) is 35.7 Å². The van der Waals surface area contributed by atoms with E-state index in [9.17, 15) is 30.8 Å². The number of halogens is 4. The fraction of sp³-hybridized carbons (Fsp3) is 0.385. The molecule has 2 aromatic carbocycles. The van der Waals surface area contributed by atoms with Gasteiger partial charge in [0.25, 0.3) is 0 Å². The third-order valence-electron chi connectivity index (χ3n) is 7.17. The van der Waals surface area contributed by atoms with E-state index in [1.165, 1.54) is 10.5 Å². The summed E-state index contributed by atoms with van der Waals surface area (Å²) in [6.07, 6.45) is 3.19. The van der Waals surface area contributed by atoms with Crippen LogP contribution in [0.3, 0.4) is 0 Å². The highest BCUT2D eigenvalue weighted by molar-refractivity contribution is 7.88. The molecule has 1 saturated heterocycles. The van der Waals surface area contributed by atoms with Crippen molar-refractivity contribution in [1.82, 2.24) is 14.1 Å². The van der Waals surface area contributed by atoms with Gasteiger partial charge < -0.3 is 15.4 Å². The predicted octanol–water partition coefficient (Wildman–Crippen LogP) is 3.20. The van der Waals surface area contributed by atoms with Crippen molar-refractivity contribution in [2.24, 2.45) is 5.41 Å². The van der Waals surface area contributed by atoms with Crippen molar-refractivity contribution in [3.63, 3.8) is 0 Å². The molecule has 3 aromatic rings. The normalized spacial score (nSPS) is 17.2. The summed E-state index contributed by atoms with van der Waals surface area (Å²) in [5.41, 5.74) is 4.42. The highest BCUT2D eigenvalue weighted by Gasteiger charge is 2.39. The molecule has 2 aliphatic rings. The van der Waals surface area contributed by atoms with Crippen molar-refractivity contribution in [2.45, 2.75) is 25.5 Å². The minimum atomic E-state index is -3.98. The third-order valence-corrected chi connectivity index (χ3v) is 8.99. The van der Waals surface area contributed by atoms with Gasteiger partial charge in [0.2, 0.25) is 15.8 Å². The Balaban J connectivity index is 1.38. The number of hydrogen-bond acceptors (Lipinski definition) is 7. The summed E-state index contributed by atoms with van der Waals surface area (Å²) in [5, 5.41) is 4.11. The maximum atomic E-state index is 13.8. The molecule has 0 amide bonds. The van der Waals surface area contributed by atoms with Gasteiger partial charge in [0, 0.05) is 43.7 Å². The molecule has 0 bridgehead atoms. The molecule has 214 valence electrons. The van der Waals surface area contributed by atoms with Gasteiger partial charge >= 0.3 is 5.56 Å². The number of ether oxygens (including phenoxy) is 1. The Morgan fingerprint density at radius 3 is 2.23 bits per heavy atom. The topological polar surface area (TPSA) is 111 Å². The zero-order valence-corrected chi connectivity index (χ0v) is 22.4. The minimum Gasteiger partial charge on any atom is -0.486 e. The molecule has 1 aliphatic carbocycles. The van der Waals surface area contributed by atoms with Gasteiger partial charge in [-0.15, -0.1) is 0 Å². The first-order chi connectivity index (χ1) is 18.8. The summed E-state index contributed by atoms with van der Waals surface area (Å²) in [5.74, 6) is -4.46. The molecule has 2 heterocycles. The molecular weight excluding hydrogens is 554 g/mol. The number of piperazine rings is 1. The van der Waals surface area contributed by atoms with Crippen molar-refractivity contribution in [2.75, 3.05) is 43.4 Å². The highest BCUT2D eigenvalue weighted by atomic mass is 32.2. The Kier molecular flexibility index (Phi) is 7.25. The molecule has 40 heavy (non-hydrogen) atoms. The number of benzene rings is 2. The molecule has 2 fully saturated rings. The number of nitrogens with zero attached hydrogens (tertiary/aromatic N) is 4. The van der Waals surface area contributed by atoms with Crippen molar-refractivity contribution < 1.29 is 30.7 Å². The van der Waals surface area contributed by atoms with Crippen LogP contribution in [0.4, 0.5) is 28.9 Å². The molecule has 9 nitrogen and oxygen atoms in total. The van der Waals surface area contributed by atoms with Crippen LogP contribution in [0.2, 0.25) is 0 Å². The predicted molar refractivity (Wildman–Crippen MR) is 140 cm³/mol. The van der Waals surface area contributed by atoms with Gasteiger partial charge in [-0.2, -0.15) is 14.1 Å². The van der Waals surface area contributed by atoms with E-state index in [1.807, 2.05) is 6.92 Å². The van der Waals surface area contributed by atoms with Gasteiger partial charge in [-0.25, -0.2) is 26.0 Å². The van der Waals surface area contributed by atoms with E-state index in [0.29, 0.717) is 17.8 Å². The standard InChI is InChI=1S/C26H27F4N5O4S/c1-26(2-3-26)15-39-24-22(13-32-35(25(24)36)20-10-18(28)9-19(29)11-20)33-4-6-34(7-5-33)40(37,38)14-16-8-17(27)12-21(30)23(16)31/h8-13H,2-7,14-15,31H2,1H3. The van der Waals surface area contributed by atoms with E-state index >= 15 is 0 Å². The number of anilines is 2. The van der Waals surface area contributed by atoms with E-state index in [4.69, 9.17) is 10.5 Å². The van der Waals surface area contributed by atoms with Crippen molar-refractivity contribution in [3.05, 3.63) is 75.7 Å². The van der Waals surface area contributed by atoms with Gasteiger partial charge in [0.05, 0.1) is 29.9 Å². The molecular formula is C26H27F4N5O4S. The second-order valence-electron chi connectivity index (χ2n) is 10.4. The third kappa shape index (κ3) is 5.77. The Morgan fingerprint density at radius 1 is 0.975 bits per heavy atom. The van der Waals surface area contributed by atoms with Gasteiger partial charge in [-0.3, -0.25) is 4.79 Å². The van der Waals surface area contributed by atoms with Crippen LogP contribution in [0.25, 0.3) is 5.69 Å². The first-order valence-corrected chi connectivity index (χ1v) is 14.1. The number of nitrogens with two attached hydrogens (primary N) is 1. The fourth-order valence-corrected chi connectivity index (χ4v) is 6.03. The number of nitrogen functional groups attached to an aromatic ring is 1. The second kappa shape index (κ2) is 10.4. The van der Waals surface area contributed by atoms with Crippen LogP contribution in [0.1, 0.15) is 25.3 Å². The molecule has 0 radical (unpaired) electrons. The lowest BCUT2D eigenvalue weighted by Gasteiger charge is -2.35. The molecule has 2 N–H and O–H groups in total. The van der Waals surface area contributed by atoms with Crippen LogP contribution < -0.4 is 20.9 Å². The lowest BCUT2D eigenvalue weighted by Crippen LogP contribution is -2.49. The zero-order valence-electron chi connectivity index (χ0n) is 21.5. The Labute approximate surface area is 227 Å². The SMILES string of the molecule is CC1(COc2c(N3CCN(S(=O)(=O)Cc4cc(F)cc(F)c4N)CC3)cnn(-c3cc(F)cc(F)c3)c2=O)CC1.